The number of nitrogens with one attached hydrogen (secondary N) is 1. The summed E-state index contributed by atoms with van der Waals surface area (Å²) >= 11 is 0. The Morgan fingerprint density at radius 1 is 0.838 bits per heavy atom. The molecule has 0 atom stereocenters. The van der Waals surface area contributed by atoms with Crippen LogP contribution in [0.25, 0.3) is 11.1 Å². The maximum atomic E-state index is 11.5. The Morgan fingerprint density at radius 2 is 1.43 bits per heavy atom. The molecule has 3 aromatic carbocycles. The first-order valence-corrected chi connectivity index (χ1v) is 13.3. The molecule has 0 saturated carbocycles. The fraction of sp³-hybridized carbons (Fsp3) is 0.344. The van der Waals surface area contributed by atoms with Crippen molar-refractivity contribution in [3.63, 3.8) is 0 Å². The smallest absolute Gasteiger partial charge is 0.221 e. The number of benzene rings is 3. The predicted octanol–water partition coefficient (Wildman–Crippen LogP) is 5.91. The Balaban J connectivity index is 1.73. The minimum absolute atomic E-state index is 0.0822. The van der Waals surface area contributed by atoms with E-state index in [1.165, 1.54) is 18.2 Å². The molecule has 0 radical (unpaired) electrons. The van der Waals surface area contributed by atoms with Gasteiger partial charge in [-0.15, -0.1) is 0 Å². The van der Waals surface area contributed by atoms with Crippen LogP contribution in [0.3, 0.4) is 0 Å². The van der Waals surface area contributed by atoms with Crippen molar-refractivity contribution in [3.8, 4) is 0 Å². The van der Waals surface area contributed by atoms with Gasteiger partial charge in [0.15, 0.2) is 0 Å². The zero-order chi connectivity index (χ0) is 26.2. The quantitative estimate of drug-likeness (QED) is 0.361. The van der Waals surface area contributed by atoms with Gasteiger partial charge in [0.05, 0.1) is 0 Å². The molecule has 2 N–H and O–H groups in total. The number of aliphatic hydroxyl groups excluding tert-OH is 1. The Bertz CT molecular complexity index is 1180. The van der Waals surface area contributed by atoms with Crippen molar-refractivity contribution in [2.24, 2.45) is 0 Å². The monoisotopic (exact) mass is 497 g/mol. The average Bonchev–Trinajstić information content (AvgIpc) is 2.92. The SMILES string of the molecule is CC(=O)Nc1ccc(/C(=C(\CCCO)c2ccccc2)c2ccc(N3CCN(C(C)C)CC3)cc2)cc1. The summed E-state index contributed by atoms with van der Waals surface area (Å²) in [5.41, 5.74) is 7.79. The number of amides is 1. The van der Waals surface area contributed by atoms with Crippen molar-refractivity contribution in [2.75, 3.05) is 43.0 Å². The third kappa shape index (κ3) is 6.88. The van der Waals surface area contributed by atoms with Crippen molar-refractivity contribution in [3.05, 3.63) is 95.6 Å². The van der Waals surface area contributed by atoms with Crippen molar-refractivity contribution < 1.29 is 9.90 Å². The molecule has 194 valence electrons. The first-order valence-electron chi connectivity index (χ1n) is 13.3. The van der Waals surface area contributed by atoms with Crippen LogP contribution >= 0.6 is 0 Å². The van der Waals surface area contributed by atoms with Crippen LogP contribution in [-0.2, 0) is 4.79 Å². The molecule has 1 heterocycles. The van der Waals surface area contributed by atoms with Crippen LogP contribution in [0.1, 0.15) is 50.3 Å². The second kappa shape index (κ2) is 12.7. The summed E-state index contributed by atoms with van der Waals surface area (Å²) in [5.74, 6) is -0.0822. The van der Waals surface area contributed by atoms with E-state index in [0.29, 0.717) is 12.5 Å². The van der Waals surface area contributed by atoms with Crippen LogP contribution in [0.4, 0.5) is 11.4 Å². The van der Waals surface area contributed by atoms with Crippen LogP contribution < -0.4 is 10.2 Å². The van der Waals surface area contributed by atoms with Gasteiger partial charge < -0.3 is 15.3 Å². The molecule has 0 aromatic heterocycles. The number of hydrogen-bond acceptors (Lipinski definition) is 4. The zero-order valence-electron chi connectivity index (χ0n) is 22.3. The maximum Gasteiger partial charge on any atom is 0.221 e. The van der Waals surface area contributed by atoms with Gasteiger partial charge in [0.1, 0.15) is 0 Å². The number of piperazine rings is 1. The molecule has 0 aliphatic carbocycles. The van der Waals surface area contributed by atoms with Crippen LogP contribution in [0.15, 0.2) is 78.9 Å². The van der Waals surface area contributed by atoms with Gasteiger partial charge in [-0.25, -0.2) is 0 Å². The van der Waals surface area contributed by atoms with E-state index in [1.807, 2.05) is 18.2 Å². The van der Waals surface area contributed by atoms with Gasteiger partial charge in [-0.3, -0.25) is 9.69 Å². The third-order valence-corrected chi connectivity index (χ3v) is 7.07. The normalized spacial score (nSPS) is 15.0. The highest BCUT2D eigenvalue weighted by Gasteiger charge is 2.20. The number of rotatable bonds is 9. The Hall–Kier alpha value is -3.41. The van der Waals surface area contributed by atoms with Gasteiger partial charge in [0.2, 0.25) is 5.91 Å². The maximum absolute atomic E-state index is 11.5. The van der Waals surface area contributed by atoms with E-state index in [1.54, 1.807) is 0 Å². The van der Waals surface area contributed by atoms with Crippen molar-refractivity contribution in [1.29, 1.82) is 0 Å². The lowest BCUT2D eigenvalue weighted by atomic mass is 9.87. The molecule has 4 rings (SSSR count). The topological polar surface area (TPSA) is 55.8 Å². The van der Waals surface area contributed by atoms with Crippen molar-refractivity contribution in [2.45, 2.75) is 39.7 Å². The average molecular weight is 498 g/mol. The lowest BCUT2D eigenvalue weighted by molar-refractivity contribution is -0.114. The highest BCUT2D eigenvalue weighted by atomic mass is 16.2. The van der Waals surface area contributed by atoms with Crippen LogP contribution in [0.5, 0.6) is 0 Å². The summed E-state index contributed by atoms with van der Waals surface area (Å²) in [6.45, 7) is 10.4. The van der Waals surface area contributed by atoms with E-state index in [9.17, 15) is 9.90 Å². The van der Waals surface area contributed by atoms with Crippen LogP contribution in [0.2, 0.25) is 0 Å². The third-order valence-electron chi connectivity index (χ3n) is 7.07. The molecule has 1 aliphatic rings. The number of anilines is 2. The second-order valence-corrected chi connectivity index (χ2v) is 9.97. The summed E-state index contributed by atoms with van der Waals surface area (Å²) in [6, 6.07) is 28.0. The molecule has 1 aliphatic heterocycles. The summed E-state index contributed by atoms with van der Waals surface area (Å²) < 4.78 is 0. The molecule has 3 aromatic rings. The minimum atomic E-state index is -0.0822. The van der Waals surface area contributed by atoms with E-state index in [0.717, 1.165) is 60.6 Å². The molecule has 0 spiro atoms. The fourth-order valence-corrected chi connectivity index (χ4v) is 5.08. The minimum Gasteiger partial charge on any atom is -0.396 e. The Morgan fingerprint density at radius 3 is 1.97 bits per heavy atom. The Labute approximate surface area is 221 Å². The molecule has 1 saturated heterocycles. The van der Waals surface area contributed by atoms with Crippen molar-refractivity contribution >= 4 is 28.4 Å². The Kier molecular flexibility index (Phi) is 9.15. The van der Waals surface area contributed by atoms with Gasteiger partial charge in [0.25, 0.3) is 0 Å². The van der Waals surface area contributed by atoms with Gasteiger partial charge in [0, 0.05) is 57.1 Å². The molecule has 37 heavy (non-hydrogen) atoms. The standard InChI is InChI=1S/C32H39N3O2/c1-24(2)34-19-21-35(22-20-34)30-17-13-28(14-18-30)32(27-11-15-29(16-12-27)33-25(3)37)31(10-7-23-36)26-8-5-4-6-9-26/h4-6,8-9,11-18,24,36H,7,10,19-23H2,1-3H3,(H,33,37)/b32-31-. The summed E-state index contributed by atoms with van der Waals surface area (Å²) in [6.07, 6.45) is 1.46. The highest BCUT2D eigenvalue weighted by molar-refractivity contribution is 5.99. The fourth-order valence-electron chi connectivity index (χ4n) is 5.08. The van der Waals surface area contributed by atoms with E-state index >= 15 is 0 Å². The molecule has 1 fully saturated rings. The van der Waals surface area contributed by atoms with Gasteiger partial charge in [-0.05, 0) is 78.8 Å². The molecule has 0 unspecified atom stereocenters. The van der Waals surface area contributed by atoms with Crippen molar-refractivity contribution in [1.82, 2.24) is 4.90 Å². The highest BCUT2D eigenvalue weighted by Crippen LogP contribution is 2.36. The number of carbonyl (C=O) groups excluding carboxylic acids is 1. The van der Waals surface area contributed by atoms with Gasteiger partial charge in [-0.1, -0.05) is 54.6 Å². The van der Waals surface area contributed by atoms with E-state index in [2.05, 4.69) is 89.6 Å². The van der Waals surface area contributed by atoms with Gasteiger partial charge >= 0.3 is 0 Å². The number of nitrogens with zero attached hydrogens (tertiary/aromatic N) is 2. The predicted molar refractivity (Wildman–Crippen MR) is 155 cm³/mol. The zero-order valence-corrected chi connectivity index (χ0v) is 22.3. The lowest BCUT2D eigenvalue weighted by Crippen LogP contribution is -2.48. The van der Waals surface area contributed by atoms with E-state index in [4.69, 9.17) is 0 Å². The summed E-state index contributed by atoms with van der Waals surface area (Å²) in [5, 5.41) is 12.5. The number of allylic oxidation sites excluding steroid dienone is 1. The molecule has 5 heteroatoms. The number of carbonyl (C=O) groups is 1. The largest absolute Gasteiger partial charge is 0.396 e. The van der Waals surface area contributed by atoms with Crippen LogP contribution in [0, 0.1) is 0 Å². The van der Waals surface area contributed by atoms with E-state index in [-0.39, 0.29) is 12.5 Å². The number of hydrogen-bond donors (Lipinski definition) is 2. The first kappa shape index (κ1) is 26.6. The molecular formula is C32H39N3O2. The molecule has 0 bridgehead atoms. The molecule has 5 nitrogen and oxygen atoms in total. The van der Waals surface area contributed by atoms with Crippen LogP contribution in [-0.4, -0.2) is 54.7 Å². The molecular weight excluding hydrogens is 458 g/mol. The first-order chi connectivity index (χ1) is 18.0. The van der Waals surface area contributed by atoms with E-state index < -0.39 is 0 Å². The summed E-state index contributed by atoms with van der Waals surface area (Å²) in [7, 11) is 0. The molecule has 1 amide bonds. The number of aliphatic hydroxyl groups is 1. The summed E-state index contributed by atoms with van der Waals surface area (Å²) in [4.78, 5) is 16.5. The lowest BCUT2D eigenvalue weighted by Gasteiger charge is -2.38. The van der Waals surface area contributed by atoms with Gasteiger partial charge in [-0.2, -0.15) is 0 Å². The second-order valence-electron chi connectivity index (χ2n) is 9.97.